The molecule has 3 atom stereocenters. The molecule has 0 aliphatic carbocycles. The molecule has 2 amide bonds. The molecule has 9 rings (SSSR count). The maximum absolute atomic E-state index is 13.4. The first kappa shape index (κ1) is 39.5. The van der Waals surface area contributed by atoms with Crippen LogP contribution in [-0.4, -0.2) is 88.8 Å². The number of rotatable bonds is 12. The number of carbonyl (C=O) groups excluding carboxylic acids is 3. The van der Waals surface area contributed by atoms with E-state index in [2.05, 4.69) is 99.6 Å². The van der Waals surface area contributed by atoms with Crippen LogP contribution in [0, 0.1) is 5.92 Å². The highest BCUT2D eigenvalue weighted by Crippen LogP contribution is 2.32. The van der Waals surface area contributed by atoms with Crippen LogP contribution in [-0.2, 0) is 22.4 Å². The average molecular weight is 773 g/mol. The quantitative estimate of drug-likeness (QED) is 0.0937. The number of nitrogens with zero attached hydrogens (tertiary/aromatic N) is 4. The first-order valence-electron chi connectivity index (χ1n) is 21.4. The summed E-state index contributed by atoms with van der Waals surface area (Å²) in [6.07, 6.45) is 8.93. The van der Waals surface area contributed by atoms with Crippen LogP contribution in [0.4, 0.5) is 0 Å². The molecular weight excluding hydrogens is 717 g/mol. The van der Waals surface area contributed by atoms with Crippen molar-refractivity contribution in [3.63, 3.8) is 0 Å². The molecule has 4 fully saturated rings. The lowest BCUT2D eigenvalue weighted by molar-refractivity contribution is -0.133. The summed E-state index contributed by atoms with van der Waals surface area (Å²) in [5.74, 6) is -0.308. The molecule has 58 heavy (non-hydrogen) atoms. The molecule has 0 aromatic heterocycles. The van der Waals surface area contributed by atoms with Crippen molar-refractivity contribution in [1.29, 1.82) is 0 Å². The molecule has 4 heterocycles. The van der Waals surface area contributed by atoms with Gasteiger partial charge in [0.05, 0.1) is 13.3 Å². The molecule has 0 radical (unpaired) electrons. The fourth-order valence-electron chi connectivity index (χ4n) is 9.23. The van der Waals surface area contributed by atoms with Crippen LogP contribution in [0.1, 0.15) is 66.4 Å². The Kier molecular flexibility index (Phi) is 12.9. The Hall–Kier alpha value is -5.37. The van der Waals surface area contributed by atoms with Gasteiger partial charge in [0.15, 0.2) is 5.78 Å². The van der Waals surface area contributed by atoms with Gasteiger partial charge < -0.3 is 9.80 Å². The summed E-state index contributed by atoms with van der Waals surface area (Å²) < 4.78 is 0. The van der Waals surface area contributed by atoms with E-state index in [9.17, 15) is 14.4 Å². The van der Waals surface area contributed by atoms with E-state index >= 15 is 0 Å². The second-order valence-corrected chi connectivity index (χ2v) is 16.5. The van der Waals surface area contributed by atoms with Gasteiger partial charge in [0.1, 0.15) is 5.92 Å². The number of likely N-dealkylation sites (tertiary alicyclic amines) is 4. The Morgan fingerprint density at radius 1 is 0.500 bits per heavy atom. The summed E-state index contributed by atoms with van der Waals surface area (Å²) in [5, 5.41) is 0. The van der Waals surface area contributed by atoms with E-state index < -0.39 is 5.92 Å². The number of hydrogen-bond donors (Lipinski definition) is 0. The monoisotopic (exact) mass is 772 g/mol. The SMILES string of the molecule is O=C(c1ccccc1)C1C[C@@H](Cc2ccc(-c3ccccc3)cc2)N(CN2CCCC2)C1=O.O=C1CC[C@@H](Cc2ccc(-c3ccccc3)cc2)N1CN1CCCC1. The van der Waals surface area contributed by atoms with Gasteiger partial charge in [-0.05, 0) is 111 Å². The lowest BCUT2D eigenvalue weighted by Crippen LogP contribution is -2.43. The van der Waals surface area contributed by atoms with Crippen LogP contribution in [0.15, 0.2) is 140 Å². The second-order valence-electron chi connectivity index (χ2n) is 16.5. The lowest BCUT2D eigenvalue weighted by atomic mass is 9.92. The summed E-state index contributed by atoms with van der Waals surface area (Å²) in [7, 11) is 0. The molecular formula is C51H56N4O3. The molecule has 0 saturated carbocycles. The van der Waals surface area contributed by atoms with Crippen molar-refractivity contribution in [2.24, 2.45) is 5.92 Å². The third-order valence-electron chi connectivity index (χ3n) is 12.5. The molecule has 5 aromatic carbocycles. The summed E-state index contributed by atoms with van der Waals surface area (Å²) in [5.41, 5.74) is 8.04. The molecule has 7 nitrogen and oxygen atoms in total. The lowest BCUT2D eigenvalue weighted by Gasteiger charge is -2.29. The highest BCUT2D eigenvalue weighted by atomic mass is 16.2. The number of amides is 2. The van der Waals surface area contributed by atoms with Crippen LogP contribution in [0.2, 0.25) is 0 Å². The minimum atomic E-state index is -0.580. The summed E-state index contributed by atoms with van der Waals surface area (Å²) in [6, 6.07) is 47.9. The normalized spacial score (nSPS) is 21.1. The van der Waals surface area contributed by atoms with Gasteiger partial charge in [-0.15, -0.1) is 0 Å². The van der Waals surface area contributed by atoms with Crippen LogP contribution in [0.25, 0.3) is 22.3 Å². The van der Waals surface area contributed by atoms with E-state index in [0.717, 1.165) is 52.1 Å². The molecule has 0 N–H and O–H groups in total. The third kappa shape index (κ3) is 9.66. The van der Waals surface area contributed by atoms with Gasteiger partial charge in [-0.25, -0.2) is 0 Å². The predicted octanol–water partition coefficient (Wildman–Crippen LogP) is 8.99. The summed E-state index contributed by atoms with van der Waals surface area (Å²) in [4.78, 5) is 47.8. The maximum atomic E-state index is 13.4. The third-order valence-corrected chi connectivity index (χ3v) is 12.5. The van der Waals surface area contributed by atoms with Gasteiger partial charge in [-0.2, -0.15) is 0 Å². The van der Waals surface area contributed by atoms with Gasteiger partial charge in [-0.1, -0.05) is 140 Å². The summed E-state index contributed by atoms with van der Waals surface area (Å²) in [6.45, 7) is 5.79. The molecule has 0 spiro atoms. The standard InChI is InChI=1S/C29H30N2O2.C22H26N2O/c32-28(25-11-5-2-6-12-25)27-20-26(31(29(27)33)21-30-17-7-8-18-30)19-22-13-15-24(16-14-22)23-9-3-1-4-10-23;25-22-13-12-21(24(22)17-23-14-4-5-15-23)16-18-8-10-20(11-9-18)19-6-2-1-3-7-19/h1-6,9-16,26-27H,7-8,17-21H2;1-3,6-11,21H,4-5,12-17H2/t26-,27?;21-/m10/s1. The molecule has 7 heteroatoms. The van der Waals surface area contributed by atoms with Crippen LogP contribution >= 0.6 is 0 Å². The molecule has 0 bridgehead atoms. The van der Waals surface area contributed by atoms with Crippen molar-refractivity contribution in [2.75, 3.05) is 39.5 Å². The number of benzene rings is 5. The van der Waals surface area contributed by atoms with E-state index in [1.165, 1.54) is 59.1 Å². The van der Waals surface area contributed by atoms with Crippen molar-refractivity contribution in [3.05, 3.63) is 156 Å². The maximum Gasteiger partial charge on any atom is 0.234 e. The van der Waals surface area contributed by atoms with E-state index in [0.29, 0.717) is 37.0 Å². The zero-order chi connectivity index (χ0) is 39.7. The highest BCUT2D eigenvalue weighted by molar-refractivity contribution is 6.11. The van der Waals surface area contributed by atoms with E-state index in [-0.39, 0.29) is 17.7 Å². The molecule has 4 saturated heterocycles. The van der Waals surface area contributed by atoms with Gasteiger partial charge in [0.25, 0.3) is 0 Å². The van der Waals surface area contributed by atoms with Crippen molar-refractivity contribution >= 4 is 17.6 Å². The van der Waals surface area contributed by atoms with Crippen LogP contribution < -0.4 is 0 Å². The topological polar surface area (TPSA) is 64.2 Å². The zero-order valence-corrected chi connectivity index (χ0v) is 33.6. The number of hydrogen-bond acceptors (Lipinski definition) is 5. The Morgan fingerprint density at radius 3 is 1.43 bits per heavy atom. The van der Waals surface area contributed by atoms with Crippen molar-refractivity contribution in [2.45, 2.75) is 69.9 Å². The fraction of sp³-hybridized carbons (Fsp3) is 0.353. The molecule has 4 aliphatic rings. The molecule has 298 valence electrons. The average Bonchev–Trinajstić information content (AvgIpc) is 4.11. The Morgan fingerprint density at radius 2 is 0.931 bits per heavy atom. The van der Waals surface area contributed by atoms with Crippen molar-refractivity contribution in [3.8, 4) is 22.3 Å². The number of Topliss-reactive ketones (excluding diaryl/α,β-unsaturated/α-hetero) is 1. The van der Waals surface area contributed by atoms with E-state index in [1.807, 2.05) is 59.5 Å². The first-order chi connectivity index (χ1) is 28.5. The molecule has 4 aliphatic heterocycles. The Bertz CT molecular complexity index is 2090. The van der Waals surface area contributed by atoms with E-state index in [1.54, 1.807) is 0 Å². The van der Waals surface area contributed by atoms with E-state index in [4.69, 9.17) is 0 Å². The Labute approximate surface area is 344 Å². The van der Waals surface area contributed by atoms with Gasteiger partial charge >= 0.3 is 0 Å². The minimum absolute atomic E-state index is 0.0124. The fourth-order valence-corrected chi connectivity index (χ4v) is 9.23. The highest BCUT2D eigenvalue weighted by Gasteiger charge is 2.44. The molecule has 5 aromatic rings. The summed E-state index contributed by atoms with van der Waals surface area (Å²) >= 11 is 0. The minimum Gasteiger partial charge on any atom is -0.326 e. The second kappa shape index (κ2) is 18.9. The predicted molar refractivity (Wildman–Crippen MR) is 232 cm³/mol. The largest absolute Gasteiger partial charge is 0.326 e. The van der Waals surface area contributed by atoms with Crippen LogP contribution in [0.5, 0.6) is 0 Å². The smallest absolute Gasteiger partial charge is 0.234 e. The van der Waals surface area contributed by atoms with Crippen molar-refractivity contribution in [1.82, 2.24) is 19.6 Å². The zero-order valence-electron chi connectivity index (χ0n) is 33.6. The van der Waals surface area contributed by atoms with Gasteiger partial charge in [-0.3, -0.25) is 24.2 Å². The van der Waals surface area contributed by atoms with Crippen molar-refractivity contribution < 1.29 is 14.4 Å². The van der Waals surface area contributed by atoms with Gasteiger partial charge in [0, 0.05) is 24.1 Å². The number of carbonyl (C=O) groups is 3. The number of ketones is 1. The Balaban J connectivity index is 0.000000168. The van der Waals surface area contributed by atoms with Gasteiger partial charge in [0.2, 0.25) is 11.8 Å². The first-order valence-corrected chi connectivity index (χ1v) is 21.4. The van der Waals surface area contributed by atoms with Crippen LogP contribution in [0.3, 0.4) is 0 Å². The molecule has 1 unspecified atom stereocenters.